The van der Waals surface area contributed by atoms with Crippen LogP contribution in [0.15, 0.2) is 36.9 Å². The molecular formula is C20H25N5O2. The molecule has 27 heavy (non-hydrogen) atoms. The standard InChI is InChI=1S/C20H25N5O2/c1-24(2)15-4-6-18-19(11-15)27-10-9-25(18)20(26)16-5-3-14(12-23-16)17-13-21-7-8-22-17/h3,5,7-8,12-13,15,18-19H,4,6,9-11H2,1-2H3. The molecule has 0 N–H and O–H groups in total. The Morgan fingerprint density at radius 1 is 1.19 bits per heavy atom. The summed E-state index contributed by atoms with van der Waals surface area (Å²) in [4.78, 5) is 30.1. The number of hydrogen-bond acceptors (Lipinski definition) is 6. The van der Waals surface area contributed by atoms with Gasteiger partial charge in [-0.3, -0.25) is 19.7 Å². The van der Waals surface area contributed by atoms with E-state index in [0.717, 1.165) is 30.5 Å². The van der Waals surface area contributed by atoms with Gasteiger partial charge in [0.2, 0.25) is 0 Å². The fraction of sp³-hybridized carbons (Fsp3) is 0.500. The SMILES string of the molecule is CN(C)C1CCC2C(C1)OCCN2C(=O)c1ccc(-c2cnccn2)cn1. The summed E-state index contributed by atoms with van der Waals surface area (Å²) in [6.07, 6.45) is 9.80. The lowest BCUT2D eigenvalue weighted by Gasteiger charge is -2.46. The topological polar surface area (TPSA) is 71.5 Å². The molecule has 2 aromatic rings. The molecule has 1 aliphatic heterocycles. The minimum atomic E-state index is -0.0118. The van der Waals surface area contributed by atoms with Crippen LogP contribution in [0.25, 0.3) is 11.3 Å². The number of morpholine rings is 1. The molecule has 1 saturated carbocycles. The Bertz CT molecular complexity index is 781. The van der Waals surface area contributed by atoms with Crippen molar-refractivity contribution in [2.45, 2.75) is 37.5 Å². The highest BCUT2D eigenvalue weighted by Crippen LogP contribution is 2.31. The van der Waals surface area contributed by atoms with Crippen LogP contribution in [-0.2, 0) is 4.74 Å². The highest BCUT2D eigenvalue weighted by molar-refractivity contribution is 5.93. The van der Waals surface area contributed by atoms with Crippen LogP contribution in [0.4, 0.5) is 0 Å². The predicted molar refractivity (Wildman–Crippen MR) is 101 cm³/mol. The van der Waals surface area contributed by atoms with E-state index in [9.17, 15) is 4.79 Å². The Morgan fingerprint density at radius 3 is 2.78 bits per heavy atom. The second kappa shape index (κ2) is 7.70. The molecule has 1 amide bonds. The van der Waals surface area contributed by atoms with Crippen molar-refractivity contribution in [3.8, 4) is 11.3 Å². The molecule has 0 radical (unpaired) electrons. The molecule has 3 heterocycles. The first-order chi connectivity index (χ1) is 13.1. The van der Waals surface area contributed by atoms with Gasteiger partial charge in [-0.2, -0.15) is 0 Å². The van der Waals surface area contributed by atoms with Crippen LogP contribution in [0.5, 0.6) is 0 Å². The van der Waals surface area contributed by atoms with E-state index in [-0.39, 0.29) is 18.1 Å². The Hall–Kier alpha value is -2.38. The minimum Gasteiger partial charge on any atom is -0.374 e. The summed E-state index contributed by atoms with van der Waals surface area (Å²) in [6, 6.07) is 4.32. The van der Waals surface area contributed by atoms with Crippen molar-refractivity contribution in [1.29, 1.82) is 0 Å². The van der Waals surface area contributed by atoms with Gasteiger partial charge in [0.15, 0.2) is 0 Å². The lowest BCUT2D eigenvalue weighted by molar-refractivity contribution is -0.0878. The molecule has 2 aliphatic rings. The average molecular weight is 367 g/mol. The van der Waals surface area contributed by atoms with E-state index >= 15 is 0 Å². The van der Waals surface area contributed by atoms with E-state index in [2.05, 4.69) is 33.9 Å². The summed E-state index contributed by atoms with van der Waals surface area (Å²) in [6.45, 7) is 1.21. The third-order valence-electron chi connectivity index (χ3n) is 5.63. The number of ether oxygens (including phenoxy) is 1. The Labute approximate surface area is 159 Å². The summed E-state index contributed by atoms with van der Waals surface area (Å²) in [5.41, 5.74) is 2.07. The number of hydrogen-bond donors (Lipinski definition) is 0. The third-order valence-corrected chi connectivity index (χ3v) is 5.63. The maximum absolute atomic E-state index is 13.1. The zero-order valence-corrected chi connectivity index (χ0v) is 15.8. The third kappa shape index (κ3) is 3.70. The molecular weight excluding hydrogens is 342 g/mol. The lowest BCUT2D eigenvalue weighted by Crippen LogP contribution is -2.57. The molecule has 2 aromatic heterocycles. The van der Waals surface area contributed by atoms with Crippen molar-refractivity contribution in [3.05, 3.63) is 42.6 Å². The van der Waals surface area contributed by atoms with Crippen LogP contribution >= 0.6 is 0 Å². The highest BCUT2D eigenvalue weighted by Gasteiger charge is 2.40. The van der Waals surface area contributed by atoms with E-state index in [1.54, 1.807) is 30.9 Å². The number of aromatic nitrogens is 3. The van der Waals surface area contributed by atoms with Crippen molar-refractivity contribution >= 4 is 5.91 Å². The molecule has 0 spiro atoms. The fourth-order valence-corrected chi connectivity index (χ4v) is 4.08. The van der Waals surface area contributed by atoms with E-state index in [4.69, 9.17) is 4.74 Å². The molecule has 4 rings (SSSR count). The molecule has 1 aliphatic carbocycles. The van der Waals surface area contributed by atoms with Crippen LogP contribution in [0.1, 0.15) is 29.8 Å². The van der Waals surface area contributed by atoms with E-state index in [0.29, 0.717) is 24.9 Å². The van der Waals surface area contributed by atoms with Crippen molar-refractivity contribution in [1.82, 2.24) is 24.8 Å². The van der Waals surface area contributed by atoms with Crippen molar-refractivity contribution in [2.24, 2.45) is 0 Å². The molecule has 1 saturated heterocycles. The van der Waals surface area contributed by atoms with Gasteiger partial charge in [0.25, 0.3) is 5.91 Å². The zero-order valence-electron chi connectivity index (χ0n) is 15.8. The largest absolute Gasteiger partial charge is 0.374 e. The van der Waals surface area contributed by atoms with Gasteiger partial charge in [-0.15, -0.1) is 0 Å². The van der Waals surface area contributed by atoms with Crippen LogP contribution < -0.4 is 0 Å². The monoisotopic (exact) mass is 367 g/mol. The lowest BCUT2D eigenvalue weighted by atomic mass is 9.86. The van der Waals surface area contributed by atoms with Gasteiger partial charge in [0.1, 0.15) is 5.69 Å². The number of amides is 1. The molecule has 0 bridgehead atoms. The van der Waals surface area contributed by atoms with Crippen LogP contribution in [-0.4, -0.2) is 76.1 Å². The number of fused-ring (bicyclic) bond motifs is 1. The first kappa shape index (κ1) is 18.0. The van der Waals surface area contributed by atoms with E-state index in [1.807, 2.05) is 11.0 Å². The quantitative estimate of drug-likeness (QED) is 0.825. The maximum atomic E-state index is 13.1. The number of pyridine rings is 1. The van der Waals surface area contributed by atoms with Gasteiger partial charge < -0.3 is 14.5 Å². The van der Waals surface area contributed by atoms with Gasteiger partial charge in [0, 0.05) is 36.7 Å². The molecule has 7 heteroatoms. The van der Waals surface area contributed by atoms with Gasteiger partial charge in [-0.1, -0.05) is 0 Å². The number of carbonyl (C=O) groups is 1. The zero-order chi connectivity index (χ0) is 18.8. The summed E-state index contributed by atoms with van der Waals surface area (Å²) >= 11 is 0. The second-order valence-corrected chi connectivity index (χ2v) is 7.43. The summed E-state index contributed by atoms with van der Waals surface area (Å²) in [5.74, 6) is -0.0118. The van der Waals surface area contributed by atoms with Crippen LogP contribution in [0.3, 0.4) is 0 Å². The predicted octanol–water partition coefficient (Wildman–Crippen LogP) is 1.86. The first-order valence-electron chi connectivity index (χ1n) is 9.45. The second-order valence-electron chi connectivity index (χ2n) is 7.43. The van der Waals surface area contributed by atoms with Gasteiger partial charge in [-0.25, -0.2) is 0 Å². The fourth-order valence-electron chi connectivity index (χ4n) is 4.08. The Kier molecular flexibility index (Phi) is 5.13. The molecule has 2 fully saturated rings. The summed E-state index contributed by atoms with van der Waals surface area (Å²) < 4.78 is 6.00. The Morgan fingerprint density at radius 2 is 2.07 bits per heavy atom. The molecule has 0 aromatic carbocycles. The van der Waals surface area contributed by atoms with Crippen molar-refractivity contribution in [3.63, 3.8) is 0 Å². The van der Waals surface area contributed by atoms with Crippen LogP contribution in [0.2, 0.25) is 0 Å². The van der Waals surface area contributed by atoms with E-state index in [1.165, 1.54) is 0 Å². The number of rotatable bonds is 3. The van der Waals surface area contributed by atoms with E-state index < -0.39 is 0 Å². The highest BCUT2D eigenvalue weighted by atomic mass is 16.5. The normalized spacial score (nSPS) is 25.3. The molecule has 7 nitrogen and oxygen atoms in total. The maximum Gasteiger partial charge on any atom is 0.272 e. The van der Waals surface area contributed by atoms with Crippen molar-refractivity contribution in [2.75, 3.05) is 27.2 Å². The Balaban J connectivity index is 1.49. The first-order valence-corrected chi connectivity index (χ1v) is 9.45. The average Bonchev–Trinajstić information content (AvgIpc) is 2.73. The van der Waals surface area contributed by atoms with Gasteiger partial charge in [-0.05, 0) is 45.5 Å². The number of carbonyl (C=O) groups excluding carboxylic acids is 1. The minimum absolute atomic E-state index is 0.0118. The van der Waals surface area contributed by atoms with Crippen molar-refractivity contribution < 1.29 is 9.53 Å². The van der Waals surface area contributed by atoms with Gasteiger partial charge in [0.05, 0.1) is 30.6 Å². The molecule has 142 valence electrons. The summed E-state index contributed by atoms with van der Waals surface area (Å²) in [7, 11) is 4.22. The summed E-state index contributed by atoms with van der Waals surface area (Å²) in [5, 5.41) is 0. The van der Waals surface area contributed by atoms with Crippen LogP contribution in [0, 0.1) is 0 Å². The molecule has 3 atom stereocenters. The molecule has 3 unspecified atom stereocenters. The number of nitrogens with zero attached hydrogens (tertiary/aromatic N) is 5. The smallest absolute Gasteiger partial charge is 0.272 e. The van der Waals surface area contributed by atoms with Gasteiger partial charge >= 0.3 is 0 Å².